The highest BCUT2D eigenvalue weighted by Crippen LogP contribution is 2.23. The Hall–Kier alpha value is -0.830. The Labute approximate surface area is 118 Å². The van der Waals surface area contributed by atoms with Crippen LogP contribution >= 0.6 is 22.9 Å². The summed E-state index contributed by atoms with van der Waals surface area (Å²) in [7, 11) is 0. The van der Waals surface area contributed by atoms with E-state index in [1.807, 2.05) is 24.3 Å². The third-order valence-electron chi connectivity index (χ3n) is 3.04. The Kier molecular flexibility index (Phi) is 4.44. The van der Waals surface area contributed by atoms with Crippen LogP contribution in [-0.4, -0.2) is 0 Å². The molecule has 18 heavy (non-hydrogen) atoms. The first kappa shape index (κ1) is 13.6. The molecular weight excluding hydrogens is 262 g/mol. The molecule has 0 aliphatic carbocycles. The highest BCUT2D eigenvalue weighted by molar-refractivity contribution is 7.12. The molecule has 0 aliphatic rings. The van der Waals surface area contributed by atoms with E-state index in [0.29, 0.717) is 6.04 Å². The van der Waals surface area contributed by atoms with Gasteiger partial charge in [-0.1, -0.05) is 23.7 Å². The molecule has 0 amide bonds. The van der Waals surface area contributed by atoms with E-state index in [9.17, 15) is 0 Å². The van der Waals surface area contributed by atoms with E-state index >= 15 is 0 Å². The van der Waals surface area contributed by atoms with Gasteiger partial charge in [0.15, 0.2) is 0 Å². The average Bonchev–Trinajstić information content (AvgIpc) is 2.77. The van der Waals surface area contributed by atoms with Crippen molar-refractivity contribution < 1.29 is 0 Å². The molecule has 0 fully saturated rings. The quantitative estimate of drug-likeness (QED) is 0.842. The van der Waals surface area contributed by atoms with Crippen molar-refractivity contribution in [1.82, 2.24) is 5.32 Å². The topological polar surface area (TPSA) is 12.0 Å². The van der Waals surface area contributed by atoms with Crippen molar-refractivity contribution in [2.24, 2.45) is 0 Å². The normalized spacial score (nSPS) is 12.7. The number of hydrogen-bond acceptors (Lipinski definition) is 2. The summed E-state index contributed by atoms with van der Waals surface area (Å²) in [5, 5.41) is 4.37. The van der Waals surface area contributed by atoms with Gasteiger partial charge in [-0.15, -0.1) is 11.3 Å². The fourth-order valence-corrected chi connectivity index (χ4v) is 2.91. The van der Waals surface area contributed by atoms with Crippen LogP contribution in [0.5, 0.6) is 0 Å². The third-order valence-corrected chi connectivity index (χ3v) is 4.63. The first-order valence-corrected chi connectivity index (χ1v) is 7.30. The second-order valence-electron chi connectivity index (χ2n) is 4.63. The molecule has 0 spiro atoms. The smallest absolute Gasteiger partial charge is 0.0438 e. The molecule has 96 valence electrons. The number of nitrogens with one attached hydrogen (secondary N) is 1. The second-order valence-corrected chi connectivity index (χ2v) is 6.36. The molecule has 2 aromatic rings. The van der Waals surface area contributed by atoms with Crippen molar-refractivity contribution in [2.75, 3.05) is 0 Å². The number of aryl methyl sites for hydroxylation is 2. The maximum absolute atomic E-state index is 6.12. The summed E-state index contributed by atoms with van der Waals surface area (Å²) in [5.41, 5.74) is 2.35. The van der Waals surface area contributed by atoms with Crippen LogP contribution in [0, 0.1) is 13.8 Å². The maximum Gasteiger partial charge on any atom is 0.0438 e. The van der Waals surface area contributed by atoms with Gasteiger partial charge in [0.2, 0.25) is 0 Å². The maximum atomic E-state index is 6.12. The van der Waals surface area contributed by atoms with Crippen LogP contribution in [0.4, 0.5) is 0 Å². The Morgan fingerprint density at radius 1 is 1.22 bits per heavy atom. The minimum atomic E-state index is 0.378. The van der Waals surface area contributed by atoms with Crippen LogP contribution in [0.3, 0.4) is 0 Å². The van der Waals surface area contributed by atoms with Crippen LogP contribution in [0.25, 0.3) is 0 Å². The fraction of sp³-hybridized carbons (Fsp3) is 0.333. The van der Waals surface area contributed by atoms with E-state index in [0.717, 1.165) is 17.1 Å². The van der Waals surface area contributed by atoms with Crippen molar-refractivity contribution >= 4 is 22.9 Å². The van der Waals surface area contributed by atoms with Crippen LogP contribution in [0.1, 0.15) is 33.8 Å². The summed E-state index contributed by atoms with van der Waals surface area (Å²) in [4.78, 5) is 2.74. The molecule has 0 radical (unpaired) electrons. The highest BCUT2D eigenvalue weighted by atomic mass is 35.5. The fourth-order valence-electron chi connectivity index (χ4n) is 1.80. The number of halogens is 1. The van der Waals surface area contributed by atoms with Crippen molar-refractivity contribution in [3.05, 3.63) is 56.2 Å². The molecule has 1 heterocycles. The van der Waals surface area contributed by atoms with Crippen molar-refractivity contribution in [1.29, 1.82) is 0 Å². The van der Waals surface area contributed by atoms with Gasteiger partial charge >= 0.3 is 0 Å². The molecule has 1 atom stereocenters. The van der Waals surface area contributed by atoms with Gasteiger partial charge in [0.25, 0.3) is 0 Å². The Bertz CT molecular complexity index is 533. The molecule has 0 bridgehead atoms. The predicted molar refractivity (Wildman–Crippen MR) is 80.5 cm³/mol. The van der Waals surface area contributed by atoms with E-state index in [2.05, 4.69) is 43.4 Å². The number of benzene rings is 1. The van der Waals surface area contributed by atoms with Gasteiger partial charge in [0.1, 0.15) is 0 Å². The minimum Gasteiger partial charge on any atom is -0.305 e. The zero-order valence-electron chi connectivity index (χ0n) is 11.0. The molecule has 1 nitrogen and oxygen atoms in total. The zero-order valence-corrected chi connectivity index (χ0v) is 12.5. The lowest BCUT2D eigenvalue weighted by Crippen LogP contribution is -2.17. The lowest BCUT2D eigenvalue weighted by Gasteiger charge is -2.12. The Balaban J connectivity index is 1.97. The molecule has 0 saturated carbocycles. The first-order valence-electron chi connectivity index (χ1n) is 6.11. The van der Waals surface area contributed by atoms with Gasteiger partial charge in [0.05, 0.1) is 0 Å². The summed E-state index contributed by atoms with van der Waals surface area (Å²) in [5.74, 6) is 0. The van der Waals surface area contributed by atoms with Crippen LogP contribution in [0.2, 0.25) is 5.02 Å². The molecule has 2 rings (SSSR count). The SMILES string of the molecule is Cc1ccc(C(C)NCc2ccc(C)c(Cl)c2)s1. The van der Waals surface area contributed by atoms with Crippen molar-refractivity contribution in [3.8, 4) is 0 Å². The predicted octanol–water partition coefficient (Wildman–Crippen LogP) is 4.87. The monoisotopic (exact) mass is 279 g/mol. The van der Waals surface area contributed by atoms with Gasteiger partial charge in [0, 0.05) is 27.4 Å². The summed E-state index contributed by atoms with van der Waals surface area (Å²) < 4.78 is 0. The van der Waals surface area contributed by atoms with Crippen molar-refractivity contribution in [3.63, 3.8) is 0 Å². The van der Waals surface area contributed by atoms with Gasteiger partial charge in [-0.25, -0.2) is 0 Å². The van der Waals surface area contributed by atoms with Crippen LogP contribution < -0.4 is 5.32 Å². The van der Waals surface area contributed by atoms with Gasteiger partial charge in [-0.05, 0) is 50.1 Å². The lowest BCUT2D eigenvalue weighted by molar-refractivity contribution is 0.583. The molecule has 0 aliphatic heterocycles. The van der Waals surface area contributed by atoms with E-state index < -0.39 is 0 Å². The van der Waals surface area contributed by atoms with Crippen molar-refractivity contribution in [2.45, 2.75) is 33.4 Å². The number of hydrogen-bond donors (Lipinski definition) is 1. The third kappa shape index (κ3) is 3.35. The lowest BCUT2D eigenvalue weighted by atomic mass is 10.1. The minimum absolute atomic E-state index is 0.378. The molecule has 3 heteroatoms. The number of thiophene rings is 1. The highest BCUT2D eigenvalue weighted by Gasteiger charge is 2.07. The van der Waals surface area contributed by atoms with E-state index in [4.69, 9.17) is 11.6 Å². The largest absolute Gasteiger partial charge is 0.305 e. The van der Waals surface area contributed by atoms with Crippen LogP contribution in [-0.2, 0) is 6.54 Å². The molecular formula is C15H18ClNS. The second kappa shape index (κ2) is 5.87. The van der Waals surface area contributed by atoms with E-state index in [1.54, 1.807) is 0 Å². The molecule has 1 unspecified atom stereocenters. The molecule has 1 aromatic carbocycles. The van der Waals surface area contributed by atoms with Gasteiger partial charge < -0.3 is 5.32 Å². The number of rotatable bonds is 4. The Morgan fingerprint density at radius 2 is 2.00 bits per heavy atom. The Morgan fingerprint density at radius 3 is 2.61 bits per heavy atom. The average molecular weight is 280 g/mol. The molecule has 1 aromatic heterocycles. The molecule has 1 N–H and O–H groups in total. The van der Waals surface area contributed by atoms with E-state index in [-0.39, 0.29) is 0 Å². The summed E-state index contributed by atoms with van der Waals surface area (Å²) in [6.45, 7) is 7.20. The standard InChI is InChI=1S/C15H18ClNS/c1-10-4-6-13(8-14(10)16)9-17-12(3)15-7-5-11(2)18-15/h4-8,12,17H,9H2,1-3H3. The van der Waals surface area contributed by atoms with Gasteiger partial charge in [-0.3, -0.25) is 0 Å². The summed E-state index contributed by atoms with van der Waals surface area (Å²) >= 11 is 7.97. The van der Waals surface area contributed by atoms with Gasteiger partial charge in [-0.2, -0.15) is 0 Å². The zero-order chi connectivity index (χ0) is 13.1. The summed E-state index contributed by atoms with van der Waals surface area (Å²) in [6, 6.07) is 11.0. The van der Waals surface area contributed by atoms with E-state index in [1.165, 1.54) is 15.3 Å². The molecule has 0 saturated heterocycles. The first-order chi connectivity index (χ1) is 8.56. The van der Waals surface area contributed by atoms with Crippen LogP contribution in [0.15, 0.2) is 30.3 Å². The summed E-state index contributed by atoms with van der Waals surface area (Å²) in [6.07, 6.45) is 0.